The SMILES string of the molecule is Cl.NCC1CCCC1NC(=O)CN1CCCC1=O. The van der Waals surface area contributed by atoms with Crippen LogP contribution in [0.1, 0.15) is 32.1 Å². The van der Waals surface area contributed by atoms with Gasteiger partial charge in [-0.1, -0.05) is 6.42 Å². The Kier molecular flexibility index (Phi) is 5.88. The van der Waals surface area contributed by atoms with Crippen molar-refractivity contribution in [2.45, 2.75) is 38.1 Å². The summed E-state index contributed by atoms with van der Waals surface area (Å²) >= 11 is 0. The summed E-state index contributed by atoms with van der Waals surface area (Å²) in [6.45, 7) is 1.57. The van der Waals surface area contributed by atoms with Gasteiger partial charge in [0, 0.05) is 19.0 Å². The summed E-state index contributed by atoms with van der Waals surface area (Å²) in [5.41, 5.74) is 5.67. The molecule has 2 atom stereocenters. The van der Waals surface area contributed by atoms with Gasteiger partial charge < -0.3 is 16.0 Å². The van der Waals surface area contributed by atoms with Crippen molar-refractivity contribution in [3.8, 4) is 0 Å². The minimum Gasteiger partial charge on any atom is -0.352 e. The standard InChI is InChI=1S/C12H21N3O2.ClH/c13-7-9-3-1-4-10(9)14-11(16)8-15-6-2-5-12(15)17;/h9-10H,1-8,13H2,(H,14,16);1H. The molecule has 2 rings (SSSR count). The van der Waals surface area contributed by atoms with Crippen LogP contribution in [-0.4, -0.2) is 42.4 Å². The predicted octanol–water partition coefficient (Wildman–Crippen LogP) is 0.274. The number of hydrogen-bond acceptors (Lipinski definition) is 3. The van der Waals surface area contributed by atoms with Gasteiger partial charge in [-0.05, 0) is 31.7 Å². The van der Waals surface area contributed by atoms with Gasteiger partial charge in [0.2, 0.25) is 11.8 Å². The number of halogens is 1. The van der Waals surface area contributed by atoms with Crippen LogP contribution in [0.3, 0.4) is 0 Å². The summed E-state index contributed by atoms with van der Waals surface area (Å²) in [7, 11) is 0. The first-order valence-electron chi connectivity index (χ1n) is 6.48. The molecule has 0 bridgehead atoms. The van der Waals surface area contributed by atoms with Crippen LogP contribution >= 0.6 is 12.4 Å². The van der Waals surface area contributed by atoms with Crippen LogP contribution in [-0.2, 0) is 9.59 Å². The van der Waals surface area contributed by atoms with Crippen LogP contribution in [0.15, 0.2) is 0 Å². The van der Waals surface area contributed by atoms with E-state index in [2.05, 4.69) is 5.32 Å². The summed E-state index contributed by atoms with van der Waals surface area (Å²) < 4.78 is 0. The van der Waals surface area contributed by atoms with E-state index in [1.165, 1.54) is 0 Å². The highest BCUT2D eigenvalue weighted by Crippen LogP contribution is 2.24. The molecule has 0 aromatic carbocycles. The number of hydrogen-bond donors (Lipinski definition) is 2. The zero-order chi connectivity index (χ0) is 12.3. The molecule has 18 heavy (non-hydrogen) atoms. The summed E-state index contributed by atoms with van der Waals surface area (Å²) in [5, 5.41) is 3.01. The van der Waals surface area contributed by atoms with E-state index in [9.17, 15) is 9.59 Å². The molecule has 3 N–H and O–H groups in total. The third-order valence-corrected chi connectivity index (χ3v) is 3.81. The minimum absolute atomic E-state index is 0. The molecule has 2 amide bonds. The Bertz CT molecular complexity index is 312. The molecule has 0 spiro atoms. The Hall–Kier alpha value is -0.810. The number of nitrogens with zero attached hydrogens (tertiary/aromatic N) is 1. The second kappa shape index (κ2) is 6.95. The third kappa shape index (κ3) is 3.59. The van der Waals surface area contributed by atoms with Crippen LogP contribution < -0.4 is 11.1 Å². The van der Waals surface area contributed by atoms with Crippen molar-refractivity contribution < 1.29 is 9.59 Å². The second-order valence-corrected chi connectivity index (χ2v) is 5.02. The molecule has 1 aliphatic heterocycles. The molecule has 6 heteroatoms. The van der Waals surface area contributed by atoms with Crippen molar-refractivity contribution in [3.05, 3.63) is 0 Å². The van der Waals surface area contributed by atoms with Gasteiger partial charge in [0.15, 0.2) is 0 Å². The van der Waals surface area contributed by atoms with E-state index >= 15 is 0 Å². The van der Waals surface area contributed by atoms with Crippen molar-refractivity contribution in [3.63, 3.8) is 0 Å². The number of amides is 2. The Labute approximate surface area is 114 Å². The number of nitrogens with two attached hydrogens (primary N) is 1. The summed E-state index contributed by atoms with van der Waals surface area (Å²) in [6, 6.07) is 0.213. The molecule has 1 saturated carbocycles. The third-order valence-electron chi connectivity index (χ3n) is 3.81. The van der Waals surface area contributed by atoms with E-state index in [-0.39, 0.29) is 36.8 Å². The molecule has 1 saturated heterocycles. The predicted molar refractivity (Wildman–Crippen MR) is 71.4 cm³/mol. The smallest absolute Gasteiger partial charge is 0.239 e. The van der Waals surface area contributed by atoms with Gasteiger partial charge in [0.1, 0.15) is 0 Å². The van der Waals surface area contributed by atoms with Gasteiger partial charge in [-0.25, -0.2) is 0 Å². The fourth-order valence-electron chi connectivity index (χ4n) is 2.81. The lowest BCUT2D eigenvalue weighted by molar-refractivity contribution is -0.133. The molecular formula is C12H22ClN3O2. The molecule has 2 unspecified atom stereocenters. The first kappa shape index (κ1) is 15.2. The number of rotatable bonds is 4. The molecule has 2 fully saturated rings. The highest BCUT2D eigenvalue weighted by molar-refractivity contribution is 5.86. The molecule has 0 radical (unpaired) electrons. The zero-order valence-corrected chi connectivity index (χ0v) is 11.4. The Balaban J connectivity index is 0.00000162. The number of carbonyl (C=O) groups is 2. The lowest BCUT2D eigenvalue weighted by Crippen LogP contribution is -2.45. The molecular weight excluding hydrogens is 254 g/mol. The maximum Gasteiger partial charge on any atom is 0.239 e. The van der Waals surface area contributed by atoms with Crippen LogP contribution in [0.4, 0.5) is 0 Å². The van der Waals surface area contributed by atoms with E-state index in [1.54, 1.807) is 4.90 Å². The van der Waals surface area contributed by atoms with Crippen molar-refractivity contribution in [1.29, 1.82) is 0 Å². The van der Waals surface area contributed by atoms with Gasteiger partial charge in [-0.3, -0.25) is 9.59 Å². The molecule has 1 heterocycles. The summed E-state index contributed by atoms with van der Waals surface area (Å²) in [5.74, 6) is 0.473. The molecule has 2 aliphatic rings. The van der Waals surface area contributed by atoms with Gasteiger partial charge >= 0.3 is 0 Å². The molecule has 104 valence electrons. The average molecular weight is 276 g/mol. The van der Waals surface area contributed by atoms with Gasteiger partial charge in [0.25, 0.3) is 0 Å². The van der Waals surface area contributed by atoms with Crippen LogP contribution in [0, 0.1) is 5.92 Å². The highest BCUT2D eigenvalue weighted by atomic mass is 35.5. The number of nitrogens with one attached hydrogen (secondary N) is 1. The maximum atomic E-state index is 11.8. The fraction of sp³-hybridized carbons (Fsp3) is 0.833. The van der Waals surface area contributed by atoms with Gasteiger partial charge in [-0.15, -0.1) is 12.4 Å². The van der Waals surface area contributed by atoms with Crippen LogP contribution in [0.25, 0.3) is 0 Å². The first-order chi connectivity index (χ1) is 8.20. The lowest BCUT2D eigenvalue weighted by Gasteiger charge is -2.21. The maximum absolute atomic E-state index is 11.8. The Morgan fingerprint density at radius 2 is 2.17 bits per heavy atom. The van der Waals surface area contributed by atoms with Crippen molar-refractivity contribution in [1.82, 2.24) is 10.2 Å². The number of carbonyl (C=O) groups excluding carboxylic acids is 2. The first-order valence-corrected chi connectivity index (χ1v) is 6.48. The zero-order valence-electron chi connectivity index (χ0n) is 10.6. The van der Waals surface area contributed by atoms with Gasteiger partial charge in [-0.2, -0.15) is 0 Å². The lowest BCUT2D eigenvalue weighted by atomic mass is 10.0. The van der Waals surface area contributed by atoms with Gasteiger partial charge in [0.05, 0.1) is 6.54 Å². The number of likely N-dealkylation sites (tertiary alicyclic amines) is 1. The van der Waals surface area contributed by atoms with Crippen LogP contribution in [0.5, 0.6) is 0 Å². The summed E-state index contributed by atoms with van der Waals surface area (Å²) in [6.07, 6.45) is 4.71. The van der Waals surface area contributed by atoms with Crippen molar-refractivity contribution in [2.24, 2.45) is 11.7 Å². The molecule has 0 aromatic heterocycles. The topological polar surface area (TPSA) is 75.4 Å². The van der Waals surface area contributed by atoms with E-state index in [1.807, 2.05) is 0 Å². The van der Waals surface area contributed by atoms with Crippen LogP contribution in [0.2, 0.25) is 0 Å². The van der Waals surface area contributed by atoms with E-state index in [4.69, 9.17) is 5.73 Å². The summed E-state index contributed by atoms with van der Waals surface area (Å²) in [4.78, 5) is 24.9. The van der Waals surface area contributed by atoms with E-state index in [0.29, 0.717) is 18.9 Å². The Morgan fingerprint density at radius 3 is 2.78 bits per heavy atom. The Morgan fingerprint density at radius 1 is 1.39 bits per heavy atom. The van der Waals surface area contributed by atoms with Crippen molar-refractivity contribution in [2.75, 3.05) is 19.6 Å². The highest BCUT2D eigenvalue weighted by Gasteiger charge is 2.29. The average Bonchev–Trinajstić information content (AvgIpc) is 2.89. The second-order valence-electron chi connectivity index (χ2n) is 5.02. The normalized spacial score (nSPS) is 27.2. The molecule has 1 aliphatic carbocycles. The monoisotopic (exact) mass is 275 g/mol. The van der Waals surface area contributed by atoms with Crippen molar-refractivity contribution >= 4 is 24.2 Å². The minimum atomic E-state index is -0.0365. The van der Waals surface area contributed by atoms with E-state index < -0.39 is 0 Å². The molecule has 0 aromatic rings. The van der Waals surface area contributed by atoms with E-state index in [0.717, 1.165) is 32.2 Å². The quantitative estimate of drug-likeness (QED) is 0.774. The largest absolute Gasteiger partial charge is 0.352 e. The fourth-order valence-corrected chi connectivity index (χ4v) is 2.81. The molecule has 5 nitrogen and oxygen atoms in total.